The Hall–Kier alpha value is -0.920. The van der Waals surface area contributed by atoms with E-state index in [1.807, 2.05) is 4.90 Å². The molecule has 0 radical (unpaired) electrons. The van der Waals surface area contributed by atoms with Crippen molar-refractivity contribution in [1.29, 1.82) is 0 Å². The molecule has 0 amide bonds. The van der Waals surface area contributed by atoms with Gasteiger partial charge in [0.05, 0.1) is 10.6 Å². The zero-order chi connectivity index (χ0) is 15.5. The van der Waals surface area contributed by atoms with Gasteiger partial charge in [-0.15, -0.1) is 11.6 Å². The van der Waals surface area contributed by atoms with Crippen LogP contribution in [0.2, 0.25) is 0 Å². The summed E-state index contributed by atoms with van der Waals surface area (Å²) in [4.78, 5) is 3.69. The molecule has 2 rings (SSSR count). The zero-order valence-corrected chi connectivity index (χ0v) is 13.0. The number of sulfone groups is 1. The van der Waals surface area contributed by atoms with Crippen LogP contribution in [-0.2, 0) is 9.84 Å². The molecule has 1 saturated heterocycles. The molecule has 0 spiro atoms. The molecule has 21 heavy (non-hydrogen) atoms. The van der Waals surface area contributed by atoms with E-state index in [-0.39, 0.29) is 4.90 Å². The minimum Gasteiger partial charge on any atom is -0.368 e. The van der Waals surface area contributed by atoms with Crippen LogP contribution >= 0.6 is 11.6 Å². The number of rotatable bonds is 5. The van der Waals surface area contributed by atoms with E-state index in [2.05, 4.69) is 4.90 Å². The second kappa shape index (κ2) is 6.89. The molecule has 1 heterocycles. The van der Waals surface area contributed by atoms with E-state index in [4.69, 9.17) is 11.6 Å². The molecule has 1 aromatic rings. The fourth-order valence-corrected chi connectivity index (χ4v) is 3.57. The number of alkyl halides is 3. The number of halogens is 3. The molecule has 1 aromatic carbocycles. The summed E-state index contributed by atoms with van der Waals surface area (Å²) in [7, 11) is -4.59. The zero-order valence-electron chi connectivity index (χ0n) is 11.4. The molecule has 0 bridgehead atoms. The predicted molar refractivity (Wildman–Crippen MR) is 79.0 cm³/mol. The topological polar surface area (TPSA) is 40.6 Å². The highest BCUT2D eigenvalue weighted by molar-refractivity contribution is 7.91. The summed E-state index contributed by atoms with van der Waals surface area (Å²) in [5.74, 6) is -2.87. The summed E-state index contributed by atoms with van der Waals surface area (Å²) in [6.07, 6.45) is 0. The Morgan fingerprint density at radius 1 is 1.14 bits per heavy atom. The second-order valence-corrected chi connectivity index (χ2v) is 7.06. The van der Waals surface area contributed by atoms with Gasteiger partial charge in [0.15, 0.2) is 0 Å². The van der Waals surface area contributed by atoms with E-state index in [1.165, 1.54) is 12.1 Å². The van der Waals surface area contributed by atoms with E-state index in [1.54, 1.807) is 12.1 Å². The second-order valence-electron chi connectivity index (χ2n) is 4.79. The van der Waals surface area contributed by atoms with Crippen LogP contribution in [-0.4, -0.2) is 57.7 Å². The van der Waals surface area contributed by atoms with E-state index < -0.39 is 15.6 Å². The lowest BCUT2D eigenvalue weighted by molar-refractivity contribution is 0.234. The molecule has 0 atom stereocenters. The van der Waals surface area contributed by atoms with Gasteiger partial charge < -0.3 is 4.90 Å². The Morgan fingerprint density at radius 2 is 1.76 bits per heavy atom. The maximum Gasteiger partial charge on any atom is 0.341 e. The normalized spacial score (nSPS) is 17.4. The fraction of sp³-hybridized carbons (Fsp3) is 0.538. The number of hydrogen-bond acceptors (Lipinski definition) is 4. The first-order valence-electron chi connectivity index (χ1n) is 6.61. The Labute approximate surface area is 128 Å². The lowest BCUT2D eigenvalue weighted by Crippen LogP contribution is -2.47. The van der Waals surface area contributed by atoms with Crippen LogP contribution in [0.25, 0.3) is 0 Å². The Kier molecular flexibility index (Phi) is 5.40. The lowest BCUT2D eigenvalue weighted by atomic mass is 10.2. The van der Waals surface area contributed by atoms with Gasteiger partial charge in [-0.25, -0.2) is 8.42 Å². The van der Waals surface area contributed by atoms with Crippen LogP contribution < -0.4 is 4.90 Å². The third-order valence-electron chi connectivity index (χ3n) is 3.52. The first kappa shape index (κ1) is 16.5. The van der Waals surface area contributed by atoms with Gasteiger partial charge >= 0.3 is 5.76 Å². The maximum atomic E-state index is 12.8. The standard InChI is InChI=1S/C13H17ClF2N2O2S/c14-5-6-17-7-9-18(10-8-17)11-3-1-2-4-12(11)21(19,20)13(15)16/h1-4,13H,5-10H2. The first-order valence-corrected chi connectivity index (χ1v) is 8.69. The summed E-state index contributed by atoms with van der Waals surface area (Å²) in [5.41, 5.74) is 0.350. The maximum absolute atomic E-state index is 12.8. The van der Waals surface area contributed by atoms with Crippen molar-refractivity contribution in [3.63, 3.8) is 0 Å². The number of hydrogen-bond donors (Lipinski definition) is 0. The number of piperazine rings is 1. The molecule has 1 aliphatic rings. The third-order valence-corrected chi connectivity index (χ3v) is 5.12. The van der Waals surface area contributed by atoms with Gasteiger partial charge in [0.25, 0.3) is 0 Å². The molecule has 118 valence electrons. The van der Waals surface area contributed by atoms with E-state index in [0.717, 1.165) is 19.6 Å². The molecule has 0 N–H and O–H groups in total. The van der Waals surface area contributed by atoms with Gasteiger partial charge in [0, 0.05) is 38.6 Å². The lowest BCUT2D eigenvalue weighted by Gasteiger charge is -2.36. The summed E-state index contributed by atoms with van der Waals surface area (Å²) < 4.78 is 49.1. The number of nitrogens with zero attached hydrogens (tertiary/aromatic N) is 2. The molecular weight excluding hydrogens is 322 g/mol. The largest absolute Gasteiger partial charge is 0.368 e. The molecule has 4 nitrogen and oxygen atoms in total. The fourth-order valence-electron chi connectivity index (χ4n) is 2.39. The van der Waals surface area contributed by atoms with Crippen molar-refractivity contribution >= 4 is 27.1 Å². The van der Waals surface area contributed by atoms with Crippen molar-refractivity contribution in [2.75, 3.05) is 43.5 Å². The average Bonchev–Trinajstić information content (AvgIpc) is 2.48. The average molecular weight is 339 g/mol. The van der Waals surface area contributed by atoms with Gasteiger partial charge in [0.2, 0.25) is 9.84 Å². The van der Waals surface area contributed by atoms with Gasteiger partial charge in [-0.1, -0.05) is 12.1 Å². The van der Waals surface area contributed by atoms with Crippen LogP contribution in [0.3, 0.4) is 0 Å². The van der Waals surface area contributed by atoms with Crippen LogP contribution in [0.15, 0.2) is 29.2 Å². The van der Waals surface area contributed by atoms with Gasteiger partial charge in [-0.05, 0) is 12.1 Å². The van der Waals surface area contributed by atoms with Gasteiger partial charge in [0.1, 0.15) is 0 Å². The van der Waals surface area contributed by atoms with Crippen molar-refractivity contribution < 1.29 is 17.2 Å². The Morgan fingerprint density at radius 3 is 2.33 bits per heavy atom. The highest BCUT2D eigenvalue weighted by atomic mass is 35.5. The molecule has 8 heteroatoms. The van der Waals surface area contributed by atoms with E-state index >= 15 is 0 Å². The number of anilines is 1. The molecule has 0 unspecified atom stereocenters. The number of benzene rings is 1. The van der Waals surface area contributed by atoms with Crippen molar-refractivity contribution in [1.82, 2.24) is 4.90 Å². The van der Waals surface area contributed by atoms with E-state index in [9.17, 15) is 17.2 Å². The van der Waals surface area contributed by atoms with Gasteiger partial charge in [-0.2, -0.15) is 8.78 Å². The highest BCUT2D eigenvalue weighted by Crippen LogP contribution is 2.29. The van der Waals surface area contributed by atoms with Crippen LogP contribution in [0.5, 0.6) is 0 Å². The monoisotopic (exact) mass is 338 g/mol. The van der Waals surface area contributed by atoms with Crippen LogP contribution in [0.4, 0.5) is 14.5 Å². The van der Waals surface area contributed by atoms with Crippen molar-refractivity contribution in [3.8, 4) is 0 Å². The Bertz CT molecular complexity index is 575. The summed E-state index contributed by atoms with van der Waals surface area (Å²) in [5, 5.41) is 0. The van der Waals surface area contributed by atoms with Crippen LogP contribution in [0, 0.1) is 0 Å². The smallest absolute Gasteiger partial charge is 0.341 e. The molecular formula is C13H17ClF2N2O2S. The quantitative estimate of drug-likeness (QED) is 0.770. The molecule has 0 saturated carbocycles. The SMILES string of the molecule is O=S(=O)(c1ccccc1N1CCN(CCCl)CC1)C(F)F. The molecule has 1 aliphatic heterocycles. The van der Waals surface area contributed by atoms with Crippen molar-refractivity contribution in [3.05, 3.63) is 24.3 Å². The Balaban J connectivity index is 2.23. The first-order chi connectivity index (χ1) is 9.96. The minimum atomic E-state index is -4.59. The van der Waals surface area contributed by atoms with Crippen LogP contribution in [0.1, 0.15) is 0 Å². The molecule has 1 fully saturated rings. The minimum absolute atomic E-state index is 0.300. The highest BCUT2D eigenvalue weighted by Gasteiger charge is 2.31. The number of para-hydroxylation sites is 1. The van der Waals surface area contributed by atoms with Crippen molar-refractivity contribution in [2.24, 2.45) is 0 Å². The van der Waals surface area contributed by atoms with E-state index in [0.29, 0.717) is 24.7 Å². The van der Waals surface area contributed by atoms with Crippen molar-refractivity contribution in [2.45, 2.75) is 10.7 Å². The molecule has 0 aromatic heterocycles. The summed E-state index contributed by atoms with van der Waals surface area (Å²) in [6.45, 7) is 3.41. The summed E-state index contributed by atoms with van der Waals surface area (Å²) in [6, 6.07) is 5.93. The predicted octanol–water partition coefficient (Wildman–Crippen LogP) is 2.04. The molecule has 0 aliphatic carbocycles. The van der Waals surface area contributed by atoms with Gasteiger partial charge in [-0.3, -0.25) is 4.90 Å². The third kappa shape index (κ3) is 3.64. The summed E-state index contributed by atoms with van der Waals surface area (Å²) >= 11 is 5.69.